The second-order valence-corrected chi connectivity index (χ2v) is 6.90. The van der Waals surface area contributed by atoms with Crippen LogP contribution < -0.4 is 0 Å². The summed E-state index contributed by atoms with van der Waals surface area (Å²) in [5.41, 5.74) is 8.35. The zero-order valence-corrected chi connectivity index (χ0v) is 14.0. The summed E-state index contributed by atoms with van der Waals surface area (Å²) in [4.78, 5) is 12.5. The Morgan fingerprint density at radius 1 is 1.29 bits per heavy atom. The molecule has 0 aromatic carbocycles. The lowest BCUT2D eigenvalue weighted by Gasteiger charge is -2.22. The first kappa shape index (κ1) is 19.8. The van der Waals surface area contributed by atoms with Crippen LogP contribution in [0.25, 0.3) is 10.4 Å². The summed E-state index contributed by atoms with van der Waals surface area (Å²) in [6, 6.07) is -1.19. The Hall–Kier alpha value is -0.570. The van der Waals surface area contributed by atoms with Gasteiger partial charge in [0.25, 0.3) is 0 Å². The molecule has 2 aliphatic heterocycles. The number of phosphoric ester groups is 1. The Labute approximate surface area is 142 Å². The van der Waals surface area contributed by atoms with Crippen LogP contribution in [-0.4, -0.2) is 77.3 Å². The van der Waals surface area contributed by atoms with Crippen LogP contribution in [0.5, 0.6) is 0 Å². The standard InChI is InChI=1S/C11H18B2N3O7P/c1-19-6-2-10(12)22-9(6)5-20-24(17,18)23-7-3-11(13)21-8(7)4-15-16-14/h6-11H,2-5H2,1H3,(H,17,18)/t6-,7-,8-,9-,10-,11-/m1/s1. The van der Waals surface area contributed by atoms with Gasteiger partial charge in [0.1, 0.15) is 21.8 Å². The van der Waals surface area contributed by atoms with Crippen LogP contribution in [0.4, 0.5) is 0 Å². The molecule has 2 aliphatic rings. The first-order valence-corrected chi connectivity index (χ1v) is 8.85. The highest BCUT2D eigenvalue weighted by Gasteiger charge is 2.40. The summed E-state index contributed by atoms with van der Waals surface area (Å²) in [6.45, 7) is -0.290. The lowest BCUT2D eigenvalue weighted by atomic mass is 9.96. The van der Waals surface area contributed by atoms with Gasteiger partial charge in [-0.1, -0.05) is 5.11 Å². The van der Waals surface area contributed by atoms with Crippen LogP contribution >= 0.6 is 7.82 Å². The quantitative estimate of drug-likeness (QED) is 0.218. The predicted molar refractivity (Wildman–Crippen MR) is 83.5 cm³/mol. The molecular formula is C11H18B2N3O7P. The summed E-state index contributed by atoms with van der Waals surface area (Å²) in [5, 5.41) is 3.36. The molecule has 2 saturated heterocycles. The van der Waals surface area contributed by atoms with Crippen molar-refractivity contribution in [3.05, 3.63) is 10.4 Å². The lowest BCUT2D eigenvalue weighted by molar-refractivity contribution is -0.0278. The van der Waals surface area contributed by atoms with Crippen molar-refractivity contribution in [2.24, 2.45) is 5.11 Å². The SMILES string of the molecule is [B][C@H]1C[C@@H](OC)[C@@H](COP(=O)(O)O[C@@H]2C[C@H]([B])O[C@@H]2CN=[N+]=[N-])O1. The third kappa shape index (κ3) is 5.47. The maximum atomic E-state index is 12.1. The van der Waals surface area contributed by atoms with E-state index in [1.807, 2.05) is 0 Å². The van der Waals surface area contributed by atoms with Crippen molar-refractivity contribution in [2.75, 3.05) is 20.3 Å². The molecule has 0 aromatic rings. The number of rotatable bonds is 8. The number of azide groups is 1. The second kappa shape index (κ2) is 8.69. The van der Waals surface area contributed by atoms with Crippen LogP contribution in [0.15, 0.2) is 5.11 Å². The van der Waals surface area contributed by atoms with Gasteiger partial charge in [-0.3, -0.25) is 9.05 Å². The Bertz CT molecular complexity index is 524. The van der Waals surface area contributed by atoms with Gasteiger partial charge in [-0.15, -0.1) is 0 Å². The maximum absolute atomic E-state index is 12.1. The average molecular weight is 357 g/mol. The van der Waals surface area contributed by atoms with E-state index in [1.165, 1.54) is 7.11 Å². The van der Waals surface area contributed by atoms with E-state index in [9.17, 15) is 9.46 Å². The minimum Gasteiger partial charge on any atom is -0.382 e. The third-order valence-corrected chi connectivity index (χ3v) is 4.77. The predicted octanol–water partition coefficient (Wildman–Crippen LogP) is 0.381. The highest BCUT2D eigenvalue weighted by molar-refractivity contribution is 7.47. The minimum atomic E-state index is -4.39. The van der Waals surface area contributed by atoms with Crippen LogP contribution in [0.3, 0.4) is 0 Å². The van der Waals surface area contributed by atoms with Crippen molar-refractivity contribution in [3.8, 4) is 0 Å². The van der Waals surface area contributed by atoms with Gasteiger partial charge in [0.05, 0.1) is 31.5 Å². The molecule has 130 valence electrons. The fourth-order valence-electron chi connectivity index (χ4n) is 2.65. The molecule has 0 saturated carbocycles. The summed E-state index contributed by atoms with van der Waals surface area (Å²) in [6.07, 6.45) is -1.82. The van der Waals surface area contributed by atoms with Crippen LogP contribution in [0.1, 0.15) is 12.8 Å². The number of ether oxygens (including phenoxy) is 3. The maximum Gasteiger partial charge on any atom is 0.472 e. The van der Waals surface area contributed by atoms with Crippen molar-refractivity contribution in [3.63, 3.8) is 0 Å². The van der Waals surface area contributed by atoms with Crippen molar-refractivity contribution in [1.82, 2.24) is 0 Å². The molecule has 1 unspecified atom stereocenters. The van der Waals surface area contributed by atoms with E-state index in [-0.39, 0.29) is 25.7 Å². The van der Waals surface area contributed by atoms with Crippen LogP contribution in [0, 0.1) is 0 Å². The summed E-state index contributed by atoms with van der Waals surface area (Å²) in [7, 11) is 8.38. The molecule has 1 N–H and O–H groups in total. The minimum absolute atomic E-state index is 0.0682. The fraction of sp³-hybridized carbons (Fsp3) is 1.00. The van der Waals surface area contributed by atoms with E-state index < -0.39 is 38.1 Å². The Balaban J connectivity index is 1.88. The molecule has 4 radical (unpaired) electrons. The average Bonchev–Trinajstić information content (AvgIpc) is 3.04. The Kier molecular flexibility index (Phi) is 7.15. The number of hydrogen-bond donors (Lipinski definition) is 1. The molecule has 24 heavy (non-hydrogen) atoms. The van der Waals surface area contributed by atoms with E-state index in [0.717, 1.165) is 0 Å². The fourth-order valence-corrected chi connectivity index (χ4v) is 3.61. The van der Waals surface area contributed by atoms with Gasteiger partial charge in [-0.2, -0.15) is 0 Å². The third-order valence-electron chi connectivity index (χ3n) is 3.76. The van der Waals surface area contributed by atoms with E-state index in [2.05, 4.69) is 10.0 Å². The smallest absolute Gasteiger partial charge is 0.382 e. The Morgan fingerprint density at radius 2 is 1.92 bits per heavy atom. The number of phosphoric acid groups is 1. The van der Waals surface area contributed by atoms with E-state index in [0.29, 0.717) is 6.42 Å². The topological polar surface area (TPSA) is 132 Å². The van der Waals surface area contributed by atoms with Gasteiger partial charge in [0, 0.05) is 24.0 Å². The van der Waals surface area contributed by atoms with Crippen molar-refractivity contribution in [2.45, 2.75) is 49.3 Å². The van der Waals surface area contributed by atoms with Gasteiger partial charge in [-0.05, 0) is 18.4 Å². The molecule has 0 aliphatic carbocycles. The van der Waals surface area contributed by atoms with Gasteiger partial charge >= 0.3 is 7.82 Å². The molecule has 0 amide bonds. The van der Waals surface area contributed by atoms with Gasteiger partial charge in [0.15, 0.2) is 0 Å². The number of hydrogen-bond acceptors (Lipinski definition) is 7. The van der Waals surface area contributed by atoms with Crippen LogP contribution in [0.2, 0.25) is 0 Å². The van der Waals surface area contributed by atoms with Gasteiger partial charge in [0.2, 0.25) is 0 Å². The van der Waals surface area contributed by atoms with Crippen molar-refractivity contribution < 1.29 is 32.7 Å². The Morgan fingerprint density at radius 3 is 2.54 bits per heavy atom. The molecule has 0 aromatic heterocycles. The first-order chi connectivity index (χ1) is 11.3. The zero-order valence-electron chi connectivity index (χ0n) is 13.1. The molecule has 7 atom stereocenters. The lowest BCUT2D eigenvalue weighted by Crippen LogP contribution is -2.29. The molecule has 13 heteroatoms. The van der Waals surface area contributed by atoms with Gasteiger partial charge in [-0.25, -0.2) is 4.57 Å². The second-order valence-electron chi connectivity index (χ2n) is 5.49. The summed E-state index contributed by atoms with van der Waals surface area (Å²) in [5.74, 6) is 0. The molecule has 2 rings (SSSR count). The number of nitrogens with zero attached hydrogens (tertiary/aromatic N) is 3. The van der Waals surface area contributed by atoms with E-state index in [1.54, 1.807) is 0 Å². The summed E-state index contributed by atoms with van der Waals surface area (Å²) >= 11 is 0. The van der Waals surface area contributed by atoms with E-state index >= 15 is 0 Å². The molecule has 2 heterocycles. The largest absolute Gasteiger partial charge is 0.472 e. The number of methoxy groups -OCH3 is 1. The van der Waals surface area contributed by atoms with Gasteiger partial charge < -0.3 is 19.1 Å². The van der Waals surface area contributed by atoms with E-state index in [4.69, 9.17) is 44.5 Å². The molecule has 0 bridgehead atoms. The van der Waals surface area contributed by atoms with Crippen LogP contribution in [-0.2, 0) is 27.8 Å². The normalized spacial score (nSPS) is 38.6. The molecule has 10 nitrogen and oxygen atoms in total. The molecule has 2 fully saturated rings. The summed E-state index contributed by atoms with van der Waals surface area (Å²) < 4.78 is 38.0. The first-order valence-electron chi connectivity index (χ1n) is 7.36. The highest BCUT2D eigenvalue weighted by atomic mass is 31.2. The monoisotopic (exact) mass is 357 g/mol. The molecule has 0 spiro atoms. The highest BCUT2D eigenvalue weighted by Crippen LogP contribution is 2.47. The van der Waals surface area contributed by atoms with Crippen molar-refractivity contribution in [1.29, 1.82) is 0 Å². The zero-order chi connectivity index (χ0) is 17.7. The molecular weight excluding hydrogens is 339 g/mol. The van der Waals surface area contributed by atoms with Crippen molar-refractivity contribution >= 4 is 23.5 Å².